The van der Waals surface area contributed by atoms with Crippen LogP contribution in [-0.2, 0) is 14.2 Å². The highest BCUT2D eigenvalue weighted by Gasteiger charge is 2.15. The minimum absolute atomic E-state index is 0.0398. The van der Waals surface area contributed by atoms with E-state index >= 15 is 0 Å². The molecule has 0 aromatic heterocycles. The van der Waals surface area contributed by atoms with E-state index in [0.29, 0.717) is 37.0 Å². The topological polar surface area (TPSA) is 44.8 Å². The second-order valence-electron chi connectivity index (χ2n) is 4.34. The Balaban J connectivity index is 2.20. The van der Waals surface area contributed by atoms with Crippen LogP contribution in [0, 0.1) is 0 Å². The number of hydrogen-bond donors (Lipinski definition) is 0. The summed E-state index contributed by atoms with van der Waals surface area (Å²) in [6.07, 6.45) is 0.289. The number of ether oxygens (including phenoxy) is 3. The third kappa shape index (κ3) is 6.48. The molecule has 0 bridgehead atoms. The van der Waals surface area contributed by atoms with Crippen LogP contribution in [0.4, 0.5) is 0 Å². The van der Waals surface area contributed by atoms with Gasteiger partial charge in [-0.1, -0.05) is 11.6 Å². The molecule has 0 amide bonds. The van der Waals surface area contributed by atoms with E-state index in [1.807, 2.05) is 0 Å². The van der Waals surface area contributed by atoms with Gasteiger partial charge in [-0.15, -0.1) is 0 Å². The van der Waals surface area contributed by atoms with Crippen molar-refractivity contribution in [2.75, 3.05) is 33.5 Å². The third-order valence-electron chi connectivity index (χ3n) is 2.73. The molecular formula is C15H21ClO4. The first-order valence-electron chi connectivity index (χ1n) is 6.63. The molecule has 0 radical (unpaired) electrons. The van der Waals surface area contributed by atoms with Crippen LogP contribution in [0.25, 0.3) is 0 Å². The monoisotopic (exact) mass is 300 g/mol. The molecule has 4 nitrogen and oxygen atoms in total. The Bertz CT molecular complexity index is 391. The number of carbonyl (C=O) groups excluding carboxylic acids is 1. The van der Waals surface area contributed by atoms with E-state index in [1.54, 1.807) is 38.3 Å². The number of halogens is 1. The molecule has 0 aliphatic heterocycles. The lowest BCUT2D eigenvalue weighted by atomic mass is 10.1. The highest BCUT2D eigenvalue weighted by atomic mass is 35.5. The largest absolute Gasteiger partial charge is 0.382 e. The summed E-state index contributed by atoms with van der Waals surface area (Å²) in [7, 11) is 1.64. The molecule has 0 heterocycles. The van der Waals surface area contributed by atoms with Crippen molar-refractivity contribution in [1.29, 1.82) is 0 Å². The van der Waals surface area contributed by atoms with Crippen molar-refractivity contribution in [3.63, 3.8) is 0 Å². The Labute approximate surface area is 125 Å². The lowest BCUT2D eigenvalue weighted by Crippen LogP contribution is -2.22. The zero-order valence-electron chi connectivity index (χ0n) is 11.9. The Morgan fingerprint density at radius 1 is 1.15 bits per heavy atom. The molecule has 0 spiro atoms. The Morgan fingerprint density at radius 3 is 2.50 bits per heavy atom. The van der Waals surface area contributed by atoms with Gasteiger partial charge >= 0.3 is 0 Å². The molecule has 1 unspecified atom stereocenters. The van der Waals surface area contributed by atoms with Crippen molar-refractivity contribution < 1.29 is 19.0 Å². The lowest BCUT2D eigenvalue weighted by Gasteiger charge is -2.12. The molecule has 5 heteroatoms. The maximum Gasteiger partial charge on any atom is 0.191 e. The van der Waals surface area contributed by atoms with Gasteiger partial charge in [0.05, 0.1) is 13.2 Å². The first-order valence-corrected chi connectivity index (χ1v) is 7.01. The van der Waals surface area contributed by atoms with Gasteiger partial charge in [-0.05, 0) is 37.6 Å². The van der Waals surface area contributed by atoms with Crippen molar-refractivity contribution in [2.24, 2.45) is 0 Å². The molecule has 0 aliphatic carbocycles. The first-order chi connectivity index (χ1) is 9.65. The van der Waals surface area contributed by atoms with Gasteiger partial charge < -0.3 is 14.2 Å². The molecule has 20 heavy (non-hydrogen) atoms. The van der Waals surface area contributed by atoms with E-state index in [2.05, 4.69) is 0 Å². The molecule has 0 aliphatic rings. The molecule has 0 saturated heterocycles. The van der Waals surface area contributed by atoms with Crippen LogP contribution >= 0.6 is 11.6 Å². The second kappa shape index (κ2) is 9.88. The van der Waals surface area contributed by atoms with Crippen LogP contribution in [0.5, 0.6) is 0 Å². The van der Waals surface area contributed by atoms with Gasteiger partial charge in [-0.2, -0.15) is 0 Å². The van der Waals surface area contributed by atoms with Gasteiger partial charge in [-0.25, -0.2) is 0 Å². The fourth-order valence-corrected chi connectivity index (χ4v) is 1.72. The molecular weight excluding hydrogens is 280 g/mol. The lowest BCUT2D eigenvalue weighted by molar-refractivity contribution is 0.0286. The van der Waals surface area contributed by atoms with Crippen molar-refractivity contribution in [1.82, 2.24) is 0 Å². The summed E-state index contributed by atoms with van der Waals surface area (Å²) in [4.78, 5) is 12.0. The maximum atomic E-state index is 12.0. The normalized spacial score (nSPS) is 12.3. The zero-order valence-corrected chi connectivity index (χ0v) is 12.7. The fourth-order valence-electron chi connectivity index (χ4n) is 1.59. The molecule has 0 saturated carbocycles. The average molecular weight is 301 g/mol. The third-order valence-corrected chi connectivity index (χ3v) is 2.98. The molecule has 1 atom stereocenters. The van der Waals surface area contributed by atoms with Gasteiger partial charge in [0.1, 0.15) is 6.10 Å². The summed E-state index contributed by atoms with van der Waals surface area (Å²) in [6, 6.07) is 6.81. The minimum atomic E-state index is -0.463. The van der Waals surface area contributed by atoms with E-state index < -0.39 is 6.10 Å². The van der Waals surface area contributed by atoms with Gasteiger partial charge in [0.25, 0.3) is 0 Å². The molecule has 0 fully saturated rings. The summed E-state index contributed by atoms with van der Waals surface area (Å²) < 4.78 is 15.7. The number of rotatable bonds is 10. The Kier molecular flexibility index (Phi) is 8.46. The number of carbonyl (C=O) groups is 1. The standard InChI is InChI=1S/C15H21ClO4/c1-12(20-9-3-8-19-11-10-18-2)15(17)13-4-6-14(16)7-5-13/h4-7,12H,3,8-11H2,1-2H3. The highest BCUT2D eigenvalue weighted by Crippen LogP contribution is 2.12. The minimum Gasteiger partial charge on any atom is -0.382 e. The van der Waals surface area contributed by atoms with Crippen LogP contribution in [0.3, 0.4) is 0 Å². The fraction of sp³-hybridized carbons (Fsp3) is 0.533. The summed E-state index contributed by atoms with van der Waals surface area (Å²) in [6.45, 7) is 4.02. The molecule has 1 aromatic carbocycles. The molecule has 1 aromatic rings. The summed E-state index contributed by atoms with van der Waals surface area (Å²) >= 11 is 5.79. The van der Waals surface area contributed by atoms with Gasteiger partial charge in [0, 0.05) is 30.9 Å². The average Bonchev–Trinajstić information content (AvgIpc) is 2.46. The van der Waals surface area contributed by atoms with Crippen LogP contribution in [0.15, 0.2) is 24.3 Å². The second-order valence-corrected chi connectivity index (χ2v) is 4.78. The van der Waals surface area contributed by atoms with Crippen LogP contribution in [-0.4, -0.2) is 45.4 Å². The smallest absolute Gasteiger partial charge is 0.191 e. The predicted molar refractivity (Wildman–Crippen MR) is 78.5 cm³/mol. The van der Waals surface area contributed by atoms with Gasteiger partial charge in [0.15, 0.2) is 5.78 Å². The zero-order chi connectivity index (χ0) is 14.8. The van der Waals surface area contributed by atoms with E-state index in [4.69, 9.17) is 25.8 Å². The van der Waals surface area contributed by atoms with E-state index in [0.717, 1.165) is 6.42 Å². The van der Waals surface area contributed by atoms with Crippen LogP contribution < -0.4 is 0 Å². The first kappa shape index (κ1) is 17.1. The van der Waals surface area contributed by atoms with Gasteiger partial charge in [-0.3, -0.25) is 4.79 Å². The number of ketones is 1. The summed E-state index contributed by atoms with van der Waals surface area (Å²) in [5.74, 6) is -0.0398. The Hall–Kier alpha value is -0.940. The number of benzene rings is 1. The quantitative estimate of drug-likeness (QED) is 0.492. The Morgan fingerprint density at radius 2 is 1.85 bits per heavy atom. The number of methoxy groups -OCH3 is 1. The number of Topliss-reactive ketones (excluding diaryl/α,β-unsaturated/α-hetero) is 1. The van der Waals surface area contributed by atoms with E-state index in [-0.39, 0.29) is 5.78 Å². The SMILES string of the molecule is COCCOCCCOC(C)C(=O)c1ccc(Cl)cc1. The molecule has 1 rings (SSSR count). The molecule has 0 N–H and O–H groups in total. The molecule has 112 valence electrons. The predicted octanol–water partition coefficient (Wildman–Crippen LogP) is 2.98. The van der Waals surface area contributed by atoms with E-state index in [1.165, 1.54) is 0 Å². The van der Waals surface area contributed by atoms with Crippen molar-refractivity contribution in [3.8, 4) is 0 Å². The van der Waals surface area contributed by atoms with E-state index in [9.17, 15) is 4.79 Å². The highest BCUT2D eigenvalue weighted by molar-refractivity contribution is 6.30. The van der Waals surface area contributed by atoms with Crippen molar-refractivity contribution in [3.05, 3.63) is 34.9 Å². The maximum absolute atomic E-state index is 12.0. The van der Waals surface area contributed by atoms with Crippen molar-refractivity contribution in [2.45, 2.75) is 19.4 Å². The van der Waals surface area contributed by atoms with Gasteiger partial charge in [0.2, 0.25) is 0 Å². The van der Waals surface area contributed by atoms with Crippen LogP contribution in [0.1, 0.15) is 23.7 Å². The summed E-state index contributed by atoms with van der Waals surface area (Å²) in [5.41, 5.74) is 0.609. The van der Waals surface area contributed by atoms with Crippen molar-refractivity contribution >= 4 is 17.4 Å². The number of hydrogen-bond acceptors (Lipinski definition) is 4. The van der Waals surface area contributed by atoms with Crippen LogP contribution in [0.2, 0.25) is 5.02 Å². The summed E-state index contributed by atoms with van der Waals surface area (Å²) in [5, 5.41) is 0.614.